The minimum atomic E-state index is -0.359. The predicted molar refractivity (Wildman–Crippen MR) is 541 cm³/mol. The molecule has 135 heavy (non-hydrogen) atoms. The van der Waals surface area contributed by atoms with E-state index in [1.54, 1.807) is 52.2 Å². The molecule has 30 heteroatoms. The third-order valence-corrected chi connectivity index (χ3v) is 31.1. The summed E-state index contributed by atoms with van der Waals surface area (Å²) in [5, 5.41) is 13.1. The second-order valence-corrected chi connectivity index (χ2v) is 39.9. The number of hydrogen-bond donors (Lipinski definition) is 0. The quantitative estimate of drug-likeness (QED) is 0.0197. The number of pyridine rings is 3. The Morgan fingerprint density at radius 2 is 0.593 bits per heavy atom. The third kappa shape index (κ3) is 23.2. The summed E-state index contributed by atoms with van der Waals surface area (Å²) in [6.45, 7) is 20.4. The fourth-order valence-corrected chi connectivity index (χ4v) is 22.8. The molecule has 6 fully saturated rings. The van der Waals surface area contributed by atoms with Crippen molar-refractivity contribution in [1.82, 2.24) is 43.4 Å². The van der Waals surface area contributed by atoms with Gasteiger partial charge in [0.25, 0.3) is 16.7 Å². The van der Waals surface area contributed by atoms with E-state index in [0.29, 0.717) is 130 Å². The number of esters is 3. The number of piperidine rings is 3. The zero-order valence-corrected chi connectivity index (χ0v) is 79.7. The Morgan fingerprint density at radius 1 is 0.311 bits per heavy atom. The summed E-state index contributed by atoms with van der Waals surface area (Å²) < 4.78 is 44.9. The number of carbonyl (C=O) groups excluding carboxylic acids is 3. The molecular weight excluding hydrogens is 1760 g/mol. The molecule has 0 amide bonds. The molecule has 0 N–H and O–H groups in total. The first-order chi connectivity index (χ1) is 66.3. The molecule has 6 aliphatic rings. The topological polar surface area (TPSA) is 240 Å². The van der Waals surface area contributed by atoms with E-state index in [2.05, 4.69) is 133 Å². The van der Waals surface area contributed by atoms with Crippen LogP contribution in [0.4, 0.5) is 34.9 Å². The number of carbonyl (C=O) groups is 3. The van der Waals surface area contributed by atoms with E-state index in [-0.39, 0.29) is 91.8 Å². The van der Waals surface area contributed by atoms with Crippen LogP contribution in [0.1, 0.15) is 116 Å². The van der Waals surface area contributed by atoms with Crippen LogP contribution in [0.5, 0.6) is 17.2 Å². The molecule has 6 aromatic carbocycles. The Kier molecular flexibility index (Phi) is 30.4. The SMILES string of the molecule is O=C(CCC1CCN(c2nc(N3CCC(CCC(=O)OCn4c(=O)ccc5ccc(OCCCCN6CCN(c7cccc8sccc78)CC6)cc54)CC3)nc(N3CCC(CCC(=O)OCn4c(=O)ccc5ccc(OCCCCN6CCN(c7cccc8sccc78)CC6)cc54)CC3)n2)CC1)OCn1c(=O)ccc2ccc(OCCCCN3CCN(c4cccc5sccc45)CC3)cc21. The number of benzene rings is 6. The van der Waals surface area contributed by atoms with Gasteiger partial charge in [-0.3, -0.25) is 57.2 Å². The van der Waals surface area contributed by atoms with Crippen LogP contribution < -0.4 is 60.3 Å². The molecule has 6 aliphatic heterocycles. The first-order valence-corrected chi connectivity index (χ1v) is 51.5. The lowest BCUT2D eigenvalue weighted by atomic mass is 9.92. The van der Waals surface area contributed by atoms with Crippen molar-refractivity contribution in [3.05, 3.63) is 211 Å². The van der Waals surface area contributed by atoms with Crippen LogP contribution in [-0.4, -0.2) is 219 Å². The molecule has 0 bridgehead atoms. The smallest absolute Gasteiger partial charge is 0.307 e. The van der Waals surface area contributed by atoms with Crippen molar-refractivity contribution in [3.8, 4) is 17.2 Å². The zero-order valence-electron chi connectivity index (χ0n) is 77.2. The molecule has 27 nitrogen and oxygen atoms in total. The molecule has 0 atom stereocenters. The molecule has 0 saturated carbocycles. The molecule has 13 heterocycles. The molecule has 7 aromatic heterocycles. The van der Waals surface area contributed by atoms with Crippen molar-refractivity contribution < 1.29 is 42.8 Å². The highest BCUT2D eigenvalue weighted by molar-refractivity contribution is 7.18. The number of nitrogens with zero attached hydrogens (tertiary/aromatic N) is 15. The highest BCUT2D eigenvalue weighted by atomic mass is 32.1. The summed E-state index contributed by atoms with van der Waals surface area (Å²) in [5.41, 5.74) is 5.16. The molecule has 0 unspecified atom stereocenters. The molecule has 19 rings (SSSR count). The fourth-order valence-electron chi connectivity index (χ4n) is 20.4. The first-order valence-electron chi connectivity index (χ1n) is 48.9. The van der Waals surface area contributed by atoms with E-state index < -0.39 is 0 Å². The van der Waals surface area contributed by atoms with Crippen LogP contribution in [0.3, 0.4) is 0 Å². The van der Waals surface area contributed by atoms with Crippen LogP contribution in [0, 0.1) is 17.8 Å². The van der Waals surface area contributed by atoms with Gasteiger partial charge in [0.1, 0.15) is 17.2 Å². The molecule has 708 valence electrons. The zero-order chi connectivity index (χ0) is 91.8. The average Bonchev–Trinajstić information content (AvgIpc) is 1.68. The maximum atomic E-state index is 13.6. The number of unbranched alkanes of at least 4 members (excludes halogenated alkanes) is 3. The lowest BCUT2D eigenvalue weighted by Crippen LogP contribution is -2.46. The Bertz CT molecular complexity index is 5810. The van der Waals surface area contributed by atoms with Gasteiger partial charge < -0.3 is 57.8 Å². The minimum Gasteiger partial charge on any atom is -0.494 e. The third-order valence-electron chi connectivity index (χ3n) is 28.5. The molecule has 6 saturated heterocycles. The number of piperazine rings is 3. The van der Waals surface area contributed by atoms with Crippen LogP contribution in [0.15, 0.2) is 194 Å². The van der Waals surface area contributed by atoms with E-state index in [1.807, 2.05) is 54.6 Å². The van der Waals surface area contributed by atoms with Gasteiger partial charge in [0.05, 0.1) is 36.4 Å². The normalized spacial score (nSPS) is 16.7. The average molecular weight is 1880 g/mol. The van der Waals surface area contributed by atoms with Crippen molar-refractivity contribution in [2.75, 3.05) is 187 Å². The minimum absolute atomic E-state index is 0.202. The number of rotatable bonds is 39. The molecule has 0 radical (unpaired) electrons. The van der Waals surface area contributed by atoms with Gasteiger partial charge in [-0.2, -0.15) is 15.0 Å². The summed E-state index contributed by atoms with van der Waals surface area (Å²) in [5.74, 6) is 3.49. The molecular formula is C105H123N15O12S3. The van der Waals surface area contributed by atoms with Gasteiger partial charge in [0, 0.05) is 221 Å². The summed E-state index contributed by atoms with van der Waals surface area (Å²) in [7, 11) is 0. The van der Waals surface area contributed by atoms with E-state index in [1.165, 1.54) is 79.2 Å². The molecule has 0 spiro atoms. The number of anilines is 6. The number of hydrogen-bond acceptors (Lipinski definition) is 27. The maximum absolute atomic E-state index is 13.6. The van der Waals surface area contributed by atoms with Crippen molar-refractivity contribution in [3.63, 3.8) is 0 Å². The number of thiophene rings is 3. The van der Waals surface area contributed by atoms with Crippen LogP contribution in [-0.2, 0) is 48.8 Å². The highest BCUT2D eigenvalue weighted by Crippen LogP contribution is 2.38. The Balaban J connectivity index is 0.433. The van der Waals surface area contributed by atoms with Crippen molar-refractivity contribution >= 4 is 150 Å². The van der Waals surface area contributed by atoms with Crippen molar-refractivity contribution in [2.45, 2.75) is 136 Å². The van der Waals surface area contributed by atoms with Crippen LogP contribution in [0.2, 0.25) is 0 Å². The Hall–Kier alpha value is -11.7. The number of aromatic nitrogens is 6. The van der Waals surface area contributed by atoms with Crippen LogP contribution in [0.25, 0.3) is 63.0 Å². The van der Waals surface area contributed by atoms with Gasteiger partial charge in [-0.05, 0) is 275 Å². The summed E-state index contributed by atoms with van der Waals surface area (Å²) in [6, 6.07) is 53.7. The summed E-state index contributed by atoms with van der Waals surface area (Å²) in [4.78, 5) is 119. The molecule has 13 aromatic rings. The number of ether oxygens (including phenoxy) is 6. The largest absolute Gasteiger partial charge is 0.494 e. The highest BCUT2D eigenvalue weighted by Gasteiger charge is 2.32. The second kappa shape index (κ2) is 44.4. The van der Waals surface area contributed by atoms with Crippen molar-refractivity contribution in [2.24, 2.45) is 17.8 Å². The lowest BCUT2D eigenvalue weighted by Gasteiger charge is -2.36. The van der Waals surface area contributed by atoms with E-state index >= 15 is 0 Å². The van der Waals surface area contributed by atoms with Crippen molar-refractivity contribution in [1.29, 1.82) is 0 Å². The fraction of sp³-hybridized carbons (Fsp3) is 0.457. The standard InChI is InChI=1S/C105H123N15O12S3/c121-97-28-22-79-19-25-82(127-64-4-1-43-109-52-58-112(59-53-109)88-10-7-13-94-85(88)40-67-133-94)70-91(79)118(97)73-130-100(124)31-16-76-34-46-115(47-35-76)103-106-104(116-48-36-77(37-49-116)17-32-101(125)131-74-119-92-71-83(26-20-80(92)23-29-98(119)122)128-65-5-2-44-110-54-60-113(61-55-110)89-11-8-14-95-86(89)41-68-134-95)108-105(107-103)117-50-38-78(39-51-117)18-33-102(126)132-75-120-93-72-84(27-21-81(93)24-30-99(120)123)129-66-6-3-45-111-56-62-114(63-57-111)90-12-9-15-96-87(90)42-69-135-96/h7-15,19-30,40-42,67-72,76-78H,1-6,16-18,31-39,43-66,73-75H2. The number of fused-ring (bicyclic) bond motifs is 6. The van der Waals surface area contributed by atoms with Gasteiger partial charge >= 0.3 is 17.9 Å². The Morgan fingerprint density at radius 3 is 0.881 bits per heavy atom. The van der Waals surface area contributed by atoms with Gasteiger partial charge in [-0.25, -0.2) is 0 Å². The summed E-state index contributed by atoms with van der Waals surface area (Å²) in [6.07, 6.45) is 13.2. The predicted octanol–water partition coefficient (Wildman–Crippen LogP) is 17.0. The monoisotopic (exact) mass is 1880 g/mol. The summed E-state index contributed by atoms with van der Waals surface area (Å²) >= 11 is 5.38. The van der Waals surface area contributed by atoms with Crippen LogP contribution >= 0.6 is 34.0 Å². The van der Waals surface area contributed by atoms with E-state index in [4.69, 9.17) is 43.4 Å². The molecule has 0 aliphatic carbocycles. The van der Waals surface area contributed by atoms with Gasteiger partial charge in [0.15, 0.2) is 20.2 Å². The van der Waals surface area contributed by atoms with E-state index in [9.17, 15) is 28.8 Å². The van der Waals surface area contributed by atoms with E-state index in [0.717, 1.165) is 191 Å². The van der Waals surface area contributed by atoms with Gasteiger partial charge in [-0.1, -0.05) is 18.2 Å². The van der Waals surface area contributed by atoms with Gasteiger partial charge in [0.2, 0.25) is 17.8 Å². The lowest BCUT2D eigenvalue weighted by molar-refractivity contribution is -0.148. The first kappa shape index (κ1) is 92.4. The maximum Gasteiger partial charge on any atom is 0.307 e. The second-order valence-electron chi connectivity index (χ2n) is 37.0. The van der Waals surface area contributed by atoms with Gasteiger partial charge in [-0.15, -0.1) is 34.0 Å². The Labute approximate surface area is 799 Å².